The number of ether oxygens (including phenoxy) is 1. The lowest BCUT2D eigenvalue weighted by atomic mass is 10.1. The van der Waals surface area contributed by atoms with Gasteiger partial charge in [-0.2, -0.15) is 0 Å². The topological polar surface area (TPSA) is 58.1 Å². The van der Waals surface area contributed by atoms with E-state index in [1.54, 1.807) is 24.3 Å². The molecule has 0 bridgehead atoms. The largest absolute Gasteiger partial charge is 0.495 e. The fourth-order valence-electron chi connectivity index (χ4n) is 2.14. The van der Waals surface area contributed by atoms with Crippen LogP contribution in [0.1, 0.15) is 17.5 Å². The molecule has 1 unspecified atom stereocenters. The Bertz CT molecular complexity index is 803. The van der Waals surface area contributed by atoms with E-state index in [9.17, 15) is 9.50 Å². The van der Waals surface area contributed by atoms with Gasteiger partial charge in [-0.3, -0.25) is 0 Å². The van der Waals surface area contributed by atoms with Gasteiger partial charge in [0.15, 0.2) is 0 Å². The van der Waals surface area contributed by atoms with Gasteiger partial charge in [0.05, 0.1) is 23.2 Å². The molecular weight excluding hydrogens is 295 g/mol. The number of aromatic amines is 1. The lowest BCUT2D eigenvalue weighted by Gasteiger charge is -2.10. The Kier molecular flexibility index (Phi) is 3.53. The summed E-state index contributed by atoms with van der Waals surface area (Å²) in [6, 6.07) is 9.20. The summed E-state index contributed by atoms with van der Waals surface area (Å²) >= 11 is 6.04. The van der Waals surface area contributed by atoms with Gasteiger partial charge in [-0.1, -0.05) is 17.7 Å². The Morgan fingerprint density at radius 2 is 2.10 bits per heavy atom. The molecule has 0 saturated carbocycles. The molecule has 0 aliphatic heterocycles. The summed E-state index contributed by atoms with van der Waals surface area (Å²) in [5, 5.41) is 10.8. The molecule has 0 aliphatic rings. The van der Waals surface area contributed by atoms with Gasteiger partial charge >= 0.3 is 0 Å². The van der Waals surface area contributed by atoms with Gasteiger partial charge in [0.25, 0.3) is 0 Å². The SMILES string of the molecule is COc1ccc(C(O)c2nc3cc(F)ccc3[nH]2)cc1Cl. The van der Waals surface area contributed by atoms with Crippen molar-refractivity contribution in [1.82, 2.24) is 9.97 Å². The minimum Gasteiger partial charge on any atom is -0.495 e. The standard InChI is InChI=1S/C15H12ClFN2O2/c1-21-13-5-2-8(6-10(13)16)14(20)15-18-11-4-3-9(17)7-12(11)19-15/h2-7,14,20H,1H3,(H,18,19). The molecule has 6 heteroatoms. The molecule has 4 nitrogen and oxygen atoms in total. The Morgan fingerprint density at radius 1 is 1.29 bits per heavy atom. The summed E-state index contributed by atoms with van der Waals surface area (Å²) in [5.74, 6) is 0.485. The lowest BCUT2D eigenvalue weighted by molar-refractivity contribution is 0.211. The predicted octanol–water partition coefficient (Wildman–Crippen LogP) is 3.45. The van der Waals surface area contributed by atoms with E-state index < -0.39 is 6.10 Å². The van der Waals surface area contributed by atoms with Crippen molar-refractivity contribution < 1.29 is 14.2 Å². The Morgan fingerprint density at radius 3 is 2.81 bits per heavy atom. The second-order valence-corrected chi connectivity index (χ2v) is 4.99. The fraction of sp³-hybridized carbons (Fsp3) is 0.133. The zero-order valence-electron chi connectivity index (χ0n) is 11.1. The predicted molar refractivity (Wildman–Crippen MR) is 78.1 cm³/mol. The number of hydrogen-bond donors (Lipinski definition) is 2. The average molecular weight is 307 g/mol. The molecule has 2 aromatic carbocycles. The highest BCUT2D eigenvalue weighted by Crippen LogP contribution is 2.30. The highest BCUT2D eigenvalue weighted by Gasteiger charge is 2.16. The van der Waals surface area contributed by atoms with Gasteiger partial charge in [-0.15, -0.1) is 0 Å². The zero-order chi connectivity index (χ0) is 15.0. The van der Waals surface area contributed by atoms with Crippen molar-refractivity contribution in [3.63, 3.8) is 0 Å². The highest BCUT2D eigenvalue weighted by molar-refractivity contribution is 6.32. The van der Waals surface area contributed by atoms with Gasteiger partial charge in [0, 0.05) is 6.07 Å². The number of aliphatic hydroxyl groups is 1. The zero-order valence-corrected chi connectivity index (χ0v) is 11.9. The van der Waals surface area contributed by atoms with Gasteiger partial charge in [-0.25, -0.2) is 9.37 Å². The summed E-state index contributed by atoms with van der Waals surface area (Å²) in [6.45, 7) is 0. The number of aliphatic hydroxyl groups excluding tert-OH is 1. The van der Waals surface area contributed by atoms with Crippen LogP contribution in [0.3, 0.4) is 0 Å². The third-order valence-electron chi connectivity index (χ3n) is 3.21. The van der Waals surface area contributed by atoms with E-state index in [-0.39, 0.29) is 5.82 Å². The number of H-pyrrole nitrogens is 1. The number of hydrogen-bond acceptors (Lipinski definition) is 3. The van der Waals surface area contributed by atoms with Crippen LogP contribution >= 0.6 is 11.6 Å². The quantitative estimate of drug-likeness (QED) is 0.779. The second-order valence-electron chi connectivity index (χ2n) is 4.58. The first-order chi connectivity index (χ1) is 10.1. The van der Waals surface area contributed by atoms with Crippen LogP contribution in [-0.2, 0) is 0 Å². The maximum absolute atomic E-state index is 13.2. The Labute approximate surface area is 125 Å². The first-order valence-electron chi connectivity index (χ1n) is 6.25. The first-order valence-corrected chi connectivity index (χ1v) is 6.63. The number of imidazole rings is 1. The van der Waals surface area contributed by atoms with Crippen LogP contribution in [0.2, 0.25) is 5.02 Å². The number of fused-ring (bicyclic) bond motifs is 1. The van der Waals surface area contributed by atoms with Crippen LogP contribution in [0.15, 0.2) is 36.4 Å². The molecule has 0 spiro atoms. The van der Waals surface area contributed by atoms with Gasteiger partial charge in [0.1, 0.15) is 23.5 Å². The van der Waals surface area contributed by atoms with Gasteiger partial charge < -0.3 is 14.8 Å². The lowest BCUT2D eigenvalue weighted by Crippen LogP contribution is -2.02. The molecular formula is C15H12ClFN2O2. The normalized spacial score (nSPS) is 12.6. The molecule has 0 aliphatic carbocycles. The number of aromatic nitrogens is 2. The summed E-state index contributed by atoms with van der Waals surface area (Å²) in [7, 11) is 1.52. The molecule has 1 aromatic heterocycles. The second kappa shape index (κ2) is 5.35. The van der Waals surface area contributed by atoms with Crippen LogP contribution in [0.4, 0.5) is 4.39 Å². The molecule has 21 heavy (non-hydrogen) atoms. The monoisotopic (exact) mass is 306 g/mol. The van der Waals surface area contributed by atoms with Crippen LogP contribution < -0.4 is 4.74 Å². The third kappa shape index (κ3) is 2.57. The van der Waals surface area contributed by atoms with E-state index in [0.29, 0.717) is 33.2 Å². The maximum atomic E-state index is 13.2. The van der Waals surface area contributed by atoms with Crippen molar-refractivity contribution in [2.24, 2.45) is 0 Å². The van der Waals surface area contributed by atoms with Crippen molar-refractivity contribution in [1.29, 1.82) is 0 Å². The smallest absolute Gasteiger partial charge is 0.140 e. The van der Waals surface area contributed by atoms with Crippen molar-refractivity contribution in [2.45, 2.75) is 6.10 Å². The number of methoxy groups -OCH3 is 1. The number of benzene rings is 2. The molecule has 1 heterocycles. The summed E-state index contributed by atoms with van der Waals surface area (Å²) in [4.78, 5) is 7.17. The maximum Gasteiger partial charge on any atom is 0.140 e. The van der Waals surface area contributed by atoms with Crippen LogP contribution in [0, 0.1) is 5.82 Å². The minimum atomic E-state index is -0.983. The molecule has 2 N–H and O–H groups in total. The summed E-state index contributed by atoms with van der Waals surface area (Å²) in [6.07, 6.45) is -0.983. The third-order valence-corrected chi connectivity index (χ3v) is 3.51. The van der Waals surface area contributed by atoms with Crippen molar-refractivity contribution in [3.05, 3.63) is 58.6 Å². The van der Waals surface area contributed by atoms with E-state index in [1.165, 1.54) is 19.2 Å². The van der Waals surface area contributed by atoms with Crippen LogP contribution in [0.5, 0.6) is 5.75 Å². The number of nitrogens with zero attached hydrogens (tertiary/aromatic N) is 1. The van der Waals surface area contributed by atoms with Crippen LogP contribution in [-0.4, -0.2) is 22.2 Å². The molecule has 3 rings (SSSR count). The summed E-state index contributed by atoms with van der Waals surface area (Å²) in [5.41, 5.74) is 1.69. The van der Waals surface area contributed by atoms with Crippen LogP contribution in [0.25, 0.3) is 11.0 Å². The Hall–Kier alpha value is -2.11. The van der Waals surface area contributed by atoms with E-state index >= 15 is 0 Å². The molecule has 108 valence electrons. The van der Waals surface area contributed by atoms with E-state index in [2.05, 4.69) is 9.97 Å². The highest BCUT2D eigenvalue weighted by atomic mass is 35.5. The molecule has 3 aromatic rings. The van der Waals surface area contributed by atoms with Crippen molar-refractivity contribution >= 4 is 22.6 Å². The minimum absolute atomic E-state index is 0.330. The summed E-state index contributed by atoms with van der Waals surface area (Å²) < 4.78 is 18.2. The van der Waals surface area contributed by atoms with Gasteiger partial charge in [0.2, 0.25) is 0 Å². The van der Waals surface area contributed by atoms with Crippen molar-refractivity contribution in [3.8, 4) is 5.75 Å². The molecule has 0 fully saturated rings. The number of halogens is 2. The Balaban J connectivity index is 1.99. The van der Waals surface area contributed by atoms with E-state index in [0.717, 1.165) is 0 Å². The average Bonchev–Trinajstić information content (AvgIpc) is 2.89. The molecule has 1 atom stereocenters. The van der Waals surface area contributed by atoms with Crippen molar-refractivity contribution in [2.75, 3.05) is 7.11 Å². The molecule has 0 amide bonds. The number of nitrogens with one attached hydrogen (secondary N) is 1. The van der Waals surface area contributed by atoms with E-state index in [4.69, 9.17) is 16.3 Å². The molecule has 0 radical (unpaired) electrons. The van der Waals surface area contributed by atoms with Gasteiger partial charge in [-0.05, 0) is 29.8 Å². The fourth-order valence-corrected chi connectivity index (χ4v) is 2.40. The molecule has 0 saturated heterocycles. The number of rotatable bonds is 3. The van der Waals surface area contributed by atoms with E-state index in [1.807, 2.05) is 0 Å². The first kappa shape index (κ1) is 13.9.